The first-order valence-corrected chi connectivity index (χ1v) is 9.07. The Morgan fingerprint density at radius 2 is 1.96 bits per heavy atom. The molecule has 1 atom stereocenters. The number of hydrogen-bond donors (Lipinski definition) is 3. The molecule has 0 aliphatic carbocycles. The lowest BCUT2D eigenvalue weighted by atomic mass is 10.2. The molecule has 1 aromatic rings. The molecule has 0 radical (unpaired) electrons. The first-order valence-electron chi connectivity index (χ1n) is 9.07. The van der Waals surface area contributed by atoms with E-state index in [2.05, 4.69) is 24.5 Å². The fraction of sp³-hybridized carbons (Fsp3) is 0.579. The molecule has 0 saturated carbocycles. The highest BCUT2D eigenvalue weighted by molar-refractivity contribution is 5.94. The van der Waals surface area contributed by atoms with Crippen LogP contribution < -0.4 is 21.1 Å². The number of Topliss-reactive ketones (excluding diaryl/α,β-unsaturated/α-hetero) is 1. The van der Waals surface area contributed by atoms with Gasteiger partial charge in [-0.05, 0) is 25.1 Å². The summed E-state index contributed by atoms with van der Waals surface area (Å²) in [6.07, 6.45) is -0.634. The SMILES string of the molecule is CC(=O)COCCOC(N)COc1cccc(C(=O)NCCNC(C)C)c1. The van der Waals surface area contributed by atoms with Crippen molar-refractivity contribution in [1.82, 2.24) is 10.6 Å². The van der Waals surface area contributed by atoms with E-state index in [9.17, 15) is 9.59 Å². The third-order valence-corrected chi connectivity index (χ3v) is 3.34. The Kier molecular flexibility index (Phi) is 11.3. The minimum atomic E-state index is -0.634. The van der Waals surface area contributed by atoms with Crippen LogP contribution in [-0.2, 0) is 14.3 Å². The predicted molar refractivity (Wildman–Crippen MR) is 103 cm³/mol. The Balaban J connectivity index is 2.30. The summed E-state index contributed by atoms with van der Waals surface area (Å²) < 4.78 is 16.0. The second-order valence-electron chi connectivity index (χ2n) is 6.37. The first kappa shape index (κ1) is 23.0. The van der Waals surface area contributed by atoms with Crippen molar-refractivity contribution in [1.29, 1.82) is 0 Å². The molecule has 0 aliphatic rings. The number of ether oxygens (including phenoxy) is 3. The summed E-state index contributed by atoms with van der Waals surface area (Å²) in [5.74, 6) is 0.340. The van der Waals surface area contributed by atoms with Gasteiger partial charge in [-0.2, -0.15) is 0 Å². The quantitative estimate of drug-likeness (QED) is 0.321. The number of hydrogen-bond acceptors (Lipinski definition) is 7. The van der Waals surface area contributed by atoms with Gasteiger partial charge in [0.05, 0.1) is 13.2 Å². The van der Waals surface area contributed by atoms with Crippen LogP contribution in [0.25, 0.3) is 0 Å². The van der Waals surface area contributed by atoms with Gasteiger partial charge in [-0.1, -0.05) is 19.9 Å². The highest BCUT2D eigenvalue weighted by atomic mass is 16.6. The maximum atomic E-state index is 12.1. The third kappa shape index (κ3) is 11.3. The Morgan fingerprint density at radius 1 is 1.19 bits per heavy atom. The van der Waals surface area contributed by atoms with Crippen molar-refractivity contribution in [3.63, 3.8) is 0 Å². The lowest BCUT2D eigenvalue weighted by molar-refractivity contribution is -0.122. The molecular formula is C19H31N3O5. The molecular weight excluding hydrogens is 350 g/mol. The van der Waals surface area contributed by atoms with Crippen molar-refractivity contribution < 1.29 is 23.8 Å². The Bertz CT molecular complexity index is 580. The third-order valence-electron chi connectivity index (χ3n) is 3.34. The minimum absolute atomic E-state index is 0.0391. The normalized spacial score (nSPS) is 12.0. The smallest absolute Gasteiger partial charge is 0.251 e. The molecule has 152 valence electrons. The monoisotopic (exact) mass is 381 g/mol. The van der Waals surface area contributed by atoms with E-state index in [0.717, 1.165) is 0 Å². The van der Waals surface area contributed by atoms with E-state index in [1.165, 1.54) is 6.92 Å². The van der Waals surface area contributed by atoms with E-state index in [1.807, 2.05) is 0 Å². The standard InChI is InChI=1S/C19H31N3O5/c1-14(2)21-7-8-22-19(24)16-5-4-6-17(11-16)27-13-18(20)26-10-9-25-12-15(3)23/h4-6,11,14,18,21H,7-10,12-13,20H2,1-3H3,(H,22,24). The Labute approximate surface area is 160 Å². The molecule has 1 amide bonds. The van der Waals surface area contributed by atoms with Gasteiger partial charge in [0, 0.05) is 24.7 Å². The van der Waals surface area contributed by atoms with Gasteiger partial charge in [-0.3, -0.25) is 9.59 Å². The summed E-state index contributed by atoms with van der Waals surface area (Å²) >= 11 is 0. The number of carbonyl (C=O) groups is 2. The van der Waals surface area contributed by atoms with Crippen molar-refractivity contribution in [2.75, 3.05) is 39.5 Å². The van der Waals surface area contributed by atoms with E-state index in [4.69, 9.17) is 19.9 Å². The number of rotatable bonds is 14. The van der Waals surface area contributed by atoms with Gasteiger partial charge in [0.25, 0.3) is 5.91 Å². The van der Waals surface area contributed by atoms with Crippen LogP contribution in [0.4, 0.5) is 0 Å². The summed E-state index contributed by atoms with van der Waals surface area (Å²) in [6.45, 7) is 7.57. The van der Waals surface area contributed by atoms with Gasteiger partial charge in [0.15, 0.2) is 5.78 Å². The highest BCUT2D eigenvalue weighted by Gasteiger charge is 2.08. The molecule has 0 heterocycles. The van der Waals surface area contributed by atoms with Gasteiger partial charge in [0.1, 0.15) is 25.2 Å². The summed E-state index contributed by atoms with van der Waals surface area (Å²) in [5, 5.41) is 6.08. The average molecular weight is 381 g/mol. The van der Waals surface area contributed by atoms with E-state index >= 15 is 0 Å². The van der Waals surface area contributed by atoms with Crippen LogP contribution in [0.3, 0.4) is 0 Å². The maximum absolute atomic E-state index is 12.1. The summed E-state index contributed by atoms with van der Waals surface area (Å²) in [4.78, 5) is 22.9. The fourth-order valence-corrected chi connectivity index (χ4v) is 2.07. The molecule has 0 aliphatic heterocycles. The van der Waals surface area contributed by atoms with Crippen molar-refractivity contribution in [2.45, 2.75) is 33.0 Å². The molecule has 0 aromatic heterocycles. The number of benzene rings is 1. The van der Waals surface area contributed by atoms with Crippen LogP contribution in [0.2, 0.25) is 0 Å². The Morgan fingerprint density at radius 3 is 2.67 bits per heavy atom. The van der Waals surface area contributed by atoms with Crippen LogP contribution in [0.5, 0.6) is 5.75 Å². The molecule has 4 N–H and O–H groups in total. The van der Waals surface area contributed by atoms with Crippen molar-refractivity contribution in [3.05, 3.63) is 29.8 Å². The number of ketones is 1. The Hall–Kier alpha value is -2.00. The molecule has 1 rings (SSSR count). The van der Waals surface area contributed by atoms with Gasteiger partial charge in [-0.15, -0.1) is 0 Å². The molecule has 8 nitrogen and oxygen atoms in total. The van der Waals surface area contributed by atoms with Crippen LogP contribution in [0, 0.1) is 0 Å². The van der Waals surface area contributed by atoms with Gasteiger partial charge in [0.2, 0.25) is 0 Å². The second kappa shape index (κ2) is 13.2. The number of nitrogens with one attached hydrogen (secondary N) is 2. The summed E-state index contributed by atoms with van der Waals surface area (Å²) in [6, 6.07) is 7.26. The lowest BCUT2D eigenvalue weighted by Crippen LogP contribution is -2.34. The zero-order chi connectivity index (χ0) is 20.1. The zero-order valence-corrected chi connectivity index (χ0v) is 16.3. The summed E-state index contributed by atoms with van der Waals surface area (Å²) in [5.41, 5.74) is 6.33. The minimum Gasteiger partial charge on any atom is -0.489 e. The number of nitrogens with two attached hydrogens (primary N) is 1. The molecule has 0 saturated heterocycles. The van der Waals surface area contributed by atoms with E-state index < -0.39 is 6.23 Å². The van der Waals surface area contributed by atoms with Crippen LogP contribution in [0.1, 0.15) is 31.1 Å². The van der Waals surface area contributed by atoms with Crippen molar-refractivity contribution >= 4 is 11.7 Å². The van der Waals surface area contributed by atoms with Gasteiger partial charge in [-0.25, -0.2) is 0 Å². The fourth-order valence-electron chi connectivity index (χ4n) is 2.07. The molecule has 0 bridgehead atoms. The molecule has 1 aromatic carbocycles. The van der Waals surface area contributed by atoms with Crippen molar-refractivity contribution in [3.8, 4) is 5.75 Å². The second-order valence-corrected chi connectivity index (χ2v) is 6.37. The van der Waals surface area contributed by atoms with Crippen molar-refractivity contribution in [2.24, 2.45) is 5.73 Å². The topological polar surface area (TPSA) is 112 Å². The number of carbonyl (C=O) groups excluding carboxylic acids is 2. The van der Waals surface area contributed by atoms with E-state index in [-0.39, 0.29) is 38.1 Å². The van der Waals surface area contributed by atoms with Gasteiger partial charge < -0.3 is 30.6 Å². The predicted octanol–water partition coefficient (Wildman–Crippen LogP) is 0.700. The average Bonchev–Trinajstić information content (AvgIpc) is 2.63. The van der Waals surface area contributed by atoms with E-state index in [1.54, 1.807) is 24.3 Å². The first-order chi connectivity index (χ1) is 12.9. The maximum Gasteiger partial charge on any atom is 0.251 e. The summed E-state index contributed by atoms with van der Waals surface area (Å²) in [7, 11) is 0. The molecule has 0 spiro atoms. The molecule has 27 heavy (non-hydrogen) atoms. The van der Waals surface area contributed by atoms with E-state index in [0.29, 0.717) is 30.4 Å². The largest absolute Gasteiger partial charge is 0.489 e. The molecule has 1 unspecified atom stereocenters. The zero-order valence-electron chi connectivity index (χ0n) is 16.3. The highest BCUT2D eigenvalue weighted by Crippen LogP contribution is 2.13. The van der Waals surface area contributed by atoms with Crippen LogP contribution in [0.15, 0.2) is 24.3 Å². The van der Waals surface area contributed by atoms with Gasteiger partial charge >= 0.3 is 0 Å². The lowest BCUT2D eigenvalue weighted by Gasteiger charge is -2.15. The van der Waals surface area contributed by atoms with Crippen LogP contribution in [-0.4, -0.2) is 63.5 Å². The van der Waals surface area contributed by atoms with Crippen LogP contribution >= 0.6 is 0 Å². The molecule has 0 fully saturated rings. The number of amides is 1. The molecule has 8 heteroatoms.